The first kappa shape index (κ1) is 22.7. The van der Waals surface area contributed by atoms with Crippen LogP contribution in [-0.2, 0) is 17.9 Å². The van der Waals surface area contributed by atoms with E-state index in [1.54, 1.807) is 7.11 Å². The van der Waals surface area contributed by atoms with Gasteiger partial charge in [-0.15, -0.1) is 0 Å². The number of methoxy groups -OCH3 is 1. The molecule has 180 valence electrons. The van der Waals surface area contributed by atoms with E-state index in [0.29, 0.717) is 5.91 Å². The topological polar surface area (TPSA) is 53.8 Å². The molecule has 2 saturated heterocycles. The van der Waals surface area contributed by atoms with E-state index in [1.165, 1.54) is 5.52 Å². The lowest BCUT2D eigenvalue weighted by atomic mass is 9.96. The Balaban J connectivity index is 1.19. The molecule has 0 radical (unpaired) electrons. The summed E-state index contributed by atoms with van der Waals surface area (Å²) in [5.74, 6) is 2.37. The van der Waals surface area contributed by atoms with Gasteiger partial charge in [-0.2, -0.15) is 0 Å². The maximum Gasteiger partial charge on any atom is 0.227 e. The van der Waals surface area contributed by atoms with E-state index in [-0.39, 0.29) is 5.92 Å². The number of carbonyl (C=O) groups is 1. The summed E-state index contributed by atoms with van der Waals surface area (Å²) in [4.78, 5) is 25.1. The quantitative estimate of drug-likeness (QED) is 0.561. The third-order valence-electron chi connectivity index (χ3n) is 7.28. The highest BCUT2D eigenvalue weighted by Gasteiger charge is 2.31. The summed E-state index contributed by atoms with van der Waals surface area (Å²) >= 11 is 0. The smallest absolute Gasteiger partial charge is 0.227 e. The molecule has 1 atom stereocenters. The number of nitrogens with zero attached hydrogens (tertiary/aromatic N) is 5. The average molecular weight is 462 g/mol. The summed E-state index contributed by atoms with van der Waals surface area (Å²) in [5.41, 5.74) is 3.41. The van der Waals surface area contributed by atoms with E-state index in [2.05, 4.69) is 56.5 Å². The first-order chi connectivity index (χ1) is 16.7. The van der Waals surface area contributed by atoms with Gasteiger partial charge in [-0.3, -0.25) is 9.69 Å². The minimum Gasteiger partial charge on any atom is -0.497 e. The zero-order valence-corrected chi connectivity index (χ0v) is 20.3. The molecule has 34 heavy (non-hydrogen) atoms. The van der Waals surface area contributed by atoms with Crippen molar-refractivity contribution in [3.63, 3.8) is 0 Å². The number of piperazine rings is 1. The van der Waals surface area contributed by atoms with Gasteiger partial charge in [0.15, 0.2) is 0 Å². The van der Waals surface area contributed by atoms with Crippen LogP contribution in [0.4, 0.5) is 5.69 Å². The second-order valence-electron chi connectivity index (χ2n) is 9.35. The lowest BCUT2D eigenvalue weighted by molar-refractivity contribution is -0.137. The third kappa shape index (κ3) is 4.62. The molecule has 2 aromatic carbocycles. The van der Waals surface area contributed by atoms with Crippen molar-refractivity contribution in [2.24, 2.45) is 5.92 Å². The Morgan fingerprint density at radius 2 is 1.88 bits per heavy atom. The molecule has 3 heterocycles. The second-order valence-corrected chi connectivity index (χ2v) is 9.35. The number of aryl methyl sites for hydroxylation is 1. The number of likely N-dealkylation sites (tertiary alicyclic amines) is 1. The molecule has 1 aromatic heterocycles. The number of aromatic nitrogens is 2. The Bertz CT molecular complexity index is 1140. The number of hydrogen-bond donors (Lipinski definition) is 0. The van der Waals surface area contributed by atoms with Crippen molar-refractivity contribution in [3.05, 3.63) is 54.4 Å². The van der Waals surface area contributed by atoms with Crippen molar-refractivity contribution in [1.82, 2.24) is 19.4 Å². The molecule has 2 fully saturated rings. The number of carbonyl (C=O) groups excluding carboxylic acids is 1. The van der Waals surface area contributed by atoms with Crippen LogP contribution in [0.15, 0.2) is 48.5 Å². The fraction of sp³-hybridized carbons (Fsp3) is 0.481. The minimum absolute atomic E-state index is 0.0802. The molecule has 0 unspecified atom stereocenters. The summed E-state index contributed by atoms with van der Waals surface area (Å²) in [5, 5.41) is 0. The maximum atomic E-state index is 13.4. The van der Waals surface area contributed by atoms with Gasteiger partial charge in [0.25, 0.3) is 0 Å². The van der Waals surface area contributed by atoms with Crippen LogP contribution in [0.5, 0.6) is 5.75 Å². The molecule has 7 nitrogen and oxygen atoms in total. The van der Waals surface area contributed by atoms with Gasteiger partial charge < -0.3 is 19.1 Å². The van der Waals surface area contributed by atoms with E-state index in [4.69, 9.17) is 9.72 Å². The first-order valence-corrected chi connectivity index (χ1v) is 12.5. The molecule has 3 aromatic rings. The van der Waals surface area contributed by atoms with Gasteiger partial charge in [-0.25, -0.2) is 4.98 Å². The fourth-order valence-corrected chi connectivity index (χ4v) is 5.45. The number of piperidine rings is 1. The molecule has 7 heteroatoms. The van der Waals surface area contributed by atoms with E-state index >= 15 is 0 Å². The van der Waals surface area contributed by atoms with E-state index in [9.17, 15) is 4.79 Å². The maximum absolute atomic E-state index is 13.4. The SMILES string of the molecule is CCn1c(CN2CCC[C@H](C(=O)N3CCN(c4cccc(OC)c4)CC3)C2)nc2ccccc21. The molecule has 0 spiro atoms. The van der Waals surface area contributed by atoms with Gasteiger partial charge in [0, 0.05) is 51.0 Å². The average Bonchev–Trinajstić information content (AvgIpc) is 3.25. The van der Waals surface area contributed by atoms with Crippen LogP contribution in [0.25, 0.3) is 11.0 Å². The van der Waals surface area contributed by atoms with Gasteiger partial charge in [0.1, 0.15) is 11.6 Å². The van der Waals surface area contributed by atoms with Gasteiger partial charge in [-0.05, 0) is 50.6 Å². The number of fused-ring (bicyclic) bond motifs is 1. The Kier molecular flexibility index (Phi) is 6.72. The van der Waals surface area contributed by atoms with Gasteiger partial charge in [0.2, 0.25) is 5.91 Å². The van der Waals surface area contributed by atoms with Crippen molar-refractivity contribution >= 4 is 22.6 Å². The molecule has 2 aliphatic rings. The monoisotopic (exact) mass is 461 g/mol. The molecule has 0 saturated carbocycles. The predicted molar refractivity (Wildman–Crippen MR) is 135 cm³/mol. The molecule has 5 rings (SSSR count). The number of rotatable bonds is 6. The van der Waals surface area contributed by atoms with Crippen LogP contribution in [-0.4, -0.2) is 71.6 Å². The largest absolute Gasteiger partial charge is 0.497 e. The van der Waals surface area contributed by atoms with Crippen molar-refractivity contribution in [2.75, 3.05) is 51.3 Å². The molecular formula is C27H35N5O2. The molecular weight excluding hydrogens is 426 g/mol. The normalized spacial score (nSPS) is 19.5. The highest BCUT2D eigenvalue weighted by molar-refractivity contribution is 5.79. The zero-order valence-electron chi connectivity index (χ0n) is 20.3. The number of hydrogen-bond acceptors (Lipinski definition) is 5. The minimum atomic E-state index is 0.0802. The van der Waals surface area contributed by atoms with Crippen molar-refractivity contribution in [1.29, 1.82) is 0 Å². The van der Waals surface area contributed by atoms with Crippen LogP contribution >= 0.6 is 0 Å². The van der Waals surface area contributed by atoms with Crippen molar-refractivity contribution < 1.29 is 9.53 Å². The van der Waals surface area contributed by atoms with E-state index in [0.717, 1.165) is 88.0 Å². The number of imidazole rings is 1. The lowest BCUT2D eigenvalue weighted by Crippen LogP contribution is -2.52. The Hall–Kier alpha value is -3.06. The molecule has 0 aliphatic carbocycles. The Morgan fingerprint density at radius 3 is 2.68 bits per heavy atom. The molecule has 0 bridgehead atoms. The molecule has 2 aliphatic heterocycles. The first-order valence-electron chi connectivity index (χ1n) is 12.5. The number of amides is 1. The van der Waals surface area contributed by atoms with Crippen LogP contribution in [0.2, 0.25) is 0 Å². The predicted octanol–water partition coefficient (Wildman–Crippen LogP) is 3.63. The number of benzene rings is 2. The zero-order chi connectivity index (χ0) is 23.5. The summed E-state index contributed by atoms with van der Waals surface area (Å²) in [6.07, 6.45) is 2.04. The number of para-hydroxylation sites is 2. The highest BCUT2D eigenvalue weighted by atomic mass is 16.5. The Morgan fingerprint density at radius 1 is 1.06 bits per heavy atom. The van der Waals surface area contributed by atoms with Gasteiger partial charge >= 0.3 is 0 Å². The summed E-state index contributed by atoms with van der Waals surface area (Å²) in [6, 6.07) is 16.5. The van der Waals surface area contributed by atoms with E-state index < -0.39 is 0 Å². The molecule has 0 N–H and O–H groups in total. The lowest BCUT2D eigenvalue weighted by Gasteiger charge is -2.39. The summed E-state index contributed by atoms with van der Waals surface area (Å²) in [6.45, 7) is 9.00. The number of anilines is 1. The van der Waals surface area contributed by atoms with Crippen molar-refractivity contribution in [2.45, 2.75) is 32.9 Å². The van der Waals surface area contributed by atoms with Gasteiger partial charge in [-0.1, -0.05) is 18.2 Å². The van der Waals surface area contributed by atoms with Crippen LogP contribution in [0, 0.1) is 5.92 Å². The van der Waals surface area contributed by atoms with Crippen LogP contribution < -0.4 is 9.64 Å². The van der Waals surface area contributed by atoms with Gasteiger partial charge in [0.05, 0.1) is 30.6 Å². The highest BCUT2D eigenvalue weighted by Crippen LogP contribution is 2.25. The van der Waals surface area contributed by atoms with Crippen LogP contribution in [0.1, 0.15) is 25.6 Å². The van der Waals surface area contributed by atoms with Crippen molar-refractivity contribution in [3.8, 4) is 5.75 Å². The second kappa shape index (κ2) is 10.1. The third-order valence-corrected chi connectivity index (χ3v) is 7.28. The fourth-order valence-electron chi connectivity index (χ4n) is 5.45. The van der Waals surface area contributed by atoms with Crippen LogP contribution in [0.3, 0.4) is 0 Å². The number of ether oxygens (including phenoxy) is 1. The standard InChI is InChI=1S/C27H35N5O2/c1-3-32-25-12-5-4-11-24(25)28-26(32)20-29-13-7-8-21(19-29)27(33)31-16-14-30(15-17-31)22-9-6-10-23(18-22)34-2/h4-6,9-12,18,21H,3,7-8,13-17,19-20H2,1-2H3/t21-/m0/s1. The summed E-state index contributed by atoms with van der Waals surface area (Å²) < 4.78 is 7.67. The Labute approximate surface area is 201 Å². The molecule has 1 amide bonds. The summed E-state index contributed by atoms with van der Waals surface area (Å²) in [7, 11) is 1.70. The van der Waals surface area contributed by atoms with E-state index in [1.807, 2.05) is 18.2 Å².